The average Bonchev–Trinajstić information content (AvgIpc) is 3.06. The number of aromatic nitrogens is 1. The Labute approximate surface area is 153 Å². The Morgan fingerprint density at radius 3 is 2.54 bits per heavy atom. The number of hydrogen-bond donors (Lipinski definition) is 1. The van der Waals surface area contributed by atoms with E-state index >= 15 is 0 Å². The first-order chi connectivity index (χ1) is 12.5. The first-order valence-corrected chi connectivity index (χ1v) is 8.77. The van der Waals surface area contributed by atoms with E-state index in [0.29, 0.717) is 5.76 Å². The molecule has 26 heavy (non-hydrogen) atoms. The lowest BCUT2D eigenvalue weighted by atomic mass is 10.1. The molecule has 0 aliphatic heterocycles. The van der Waals surface area contributed by atoms with Gasteiger partial charge in [-0.2, -0.15) is 5.16 Å². The zero-order valence-corrected chi connectivity index (χ0v) is 15.4. The molecule has 136 valence electrons. The van der Waals surface area contributed by atoms with E-state index in [0.717, 1.165) is 30.0 Å². The van der Waals surface area contributed by atoms with E-state index in [1.54, 1.807) is 0 Å². The fraction of sp³-hybridized carbons (Fsp3) is 0.286. The third-order valence-electron chi connectivity index (χ3n) is 4.12. The van der Waals surface area contributed by atoms with Crippen LogP contribution in [0.5, 0.6) is 5.75 Å². The number of anilines is 1. The molecule has 0 unspecified atom stereocenters. The van der Waals surface area contributed by atoms with E-state index in [4.69, 9.17) is 9.26 Å². The van der Waals surface area contributed by atoms with Crippen molar-refractivity contribution < 1.29 is 9.26 Å². The number of H-pyrrole nitrogens is 1. The zero-order valence-electron chi connectivity index (χ0n) is 15.4. The second kappa shape index (κ2) is 7.95. The Balaban J connectivity index is 1.61. The second-order valence-corrected chi connectivity index (χ2v) is 6.61. The molecule has 5 heteroatoms. The molecule has 5 nitrogen and oxygen atoms in total. The molecule has 1 heterocycles. The van der Waals surface area contributed by atoms with Crippen LogP contribution in [0.15, 0.2) is 63.9 Å². The number of nitrogens with one attached hydrogen (secondary N) is 1. The highest BCUT2D eigenvalue weighted by Crippen LogP contribution is 2.22. The number of rotatable bonds is 7. The number of ether oxygens (including phenoxy) is 1. The van der Waals surface area contributed by atoms with Gasteiger partial charge in [0.1, 0.15) is 5.75 Å². The van der Waals surface area contributed by atoms with Crippen LogP contribution in [0.25, 0.3) is 11.3 Å². The summed E-state index contributed by atoms with van der Waals surface area (Å²) in [5.41, 5.74) is 3.01. The molecule has 2 aromatic carbocycles. The first kappa shape index (κ1) is 17.9. The molecule has 3 rings (SSSR count). The number of nitrogens with zero attached hydrogens (tertiary/aromatic N) is 1. The number of likely N-dealkylation sites (N-methyl/N-ethyl adjacent to an activating group) is 1. The van der Waals surface area contributed by atoms with Gasteiger partial charge in [0.2, 0.25) is 0 Å². The summed E-state index contributed by atoms with van der Waals surface area (Å²) in [5, 5.41) is 2.31. The molecule has 0 aliphatic carbocycles. The molecule has 1 aromatic heterocycles. The fourth-order valence-electron chi connectivity index (χ4n) is 2.78. The first-order valence-electron chi connectivity index (χ1n) is 8.77. The van der Waals surface area contributed by atoms with Crippen LogP contribution in [0.4, 0.5) is 5.69 Å². The summed E-state index contributed by atoms with van der Waals surface area (Å²) in [6.45, 7) is 4.95. The van der Waals surface area contributed by atoms with Gasteiger partial charge >= 0.3 is 0 Å². The smallest absolute Gasteiger partial charge is 0.280 e. The molecule has 0 spiro atoms. The highest BCUT2D eigenvalue weighted by Gasteiger charge is 2.06. The van der Waals surface area contributed by atoms with Gasteiger partial charge in [-0.1, -0.05) is 12.1 Å². The van der Waals surface area contributed by atoms with Crippen molar-refractivity contribution in [1.82, 2.24) is 5.16 Å². The van der Waals surface area contributed by atoms with Crippen molar-refractivity contribution in [3.63, 3.8) is 0 Å². The van der Waals surface area contributed by atoms with Crippen molar-refractivity contribution in [2.24, 2.45) is 0 Å². The van der Waals surface area contributed by atoms with Crippen LogP contribution in [-0.4, -0.2) is 24.9 Å². The van der Waals surface area contributed by atoms with Gasteiger partial charge in [0.15, 0.2) is 5.76 Å². The third kappa shape index (κ3) is 4.57. The summed E-state index contributed by atoms with van der Waals surface area (Å²) in [4.78, 5) is 13.4. The fourth-order valence-corrected chi connectivity index (χ4v) is 2.78. The van der Waals surface area contributed by atoms with Crippen LogP contribution < -0.4 is 15.2 Å². The summed E-state index contributed by atoms with van der Waals surface area (Å²) >= 11 is 0. The lowest BCUT2D eigenvalue weighted by Crippen LogP contribution is -2.20. The summed E-state index contributed by atoms with van der Waals surface area (Å²) in [5.74, 6) is 1.46. The van der Waals surface area contributed by atoms with E-state index in [-0.39, 0.29) is 11.7 Å². The molecule has 0 radical (unpaired) electrons. The molecule has 0 bridgehead atoms. The normalized spacial score (nSPS) is 10.9. The minimum absolute atomic E-state index is 0.177. The highest BCUT2D eigenvalue weighted by atomic mass is 16.5. The molecular formula is C21H24N2O3. The summed E-state index contributed by atoms with van der Waals surface area (Å²) < 4.78 is 10.9. The van der Waals surface area contributed by atoms with Crippen molar-refractivity contribution in [1.29, 1.82) is 0 Å². The molecule has 0 saturated heterocycles. The van der Waals surface area contributed by atoms with Crippen LogP contribution >= 0.6 is 0 Å². The summed E-state index contributed by atoms with van der Waals surface area (Å²) in [7, 11) is 2.07. The van der Waals surface area contributed by atoms with Gasteiger partial charge in [0.25, 0.3) is 5.56 Å². The van der Waals surface area contributed by atoms with Gasteiger partial charge in [0.05, 0.1) is 12.2 Å². The minimum Gasteiger partial charge on any atom is -0.491 e. The van der Waals surface area contributed by atoms with Crippen molar-refractivity contribution in [3.8, 4) is 17.1 Å². The topological polar surface area (TPSA) is 58.5 Å². The SMILES string of the molecule is CC(C)Oc1cccc(CCN(C)c2ccc(-c3cc(=O)[nH]o3)cc2)c1. The second-order valence-electron chi connectivity index (χ2n) is 6.61. The Morgan fingerprint density at radius 2 is 1.88 bits per heavy atom. The van der Waals surface area contributed by atoms with Gasteiger partial charge in [0, 0.05) is 24.8 Å². The number of hydrogen-bond acceptors (Lipinski definition) is 4. The van der Waals surface area contributed by atoms with Crippen LogP contribution in [0.3, 0.4) is 0 Å². The Morgan fingerprint density at radius 1 is 1.12 bits per heavy atom. The quantitative estimate of drug-likeness (QED) is 0.695. The van der Waals surface area contributed by atoms with E-state index in [1.807, 2.05) is 50.2 Å². The Kier molecular flexibility index (Phi) is 5.46. The molecule has 0 fully saturated rings. The van der Waals surface area contributed by atoms with Gasteiger partial charge in [-0.05, 0) is 62.2 Å². The van der Waals surface area contributed by atoms with Gasteiger partial charge in [-0.25, -0.2) is 0 Å². The lowest BCUT2D eigenvalue weighted by Gasteiger charge is -2.20. The van der Waals surface area contributed by atoms with Crippen molar-refractivity contribution in [3.05, 3.63) is 70.5 Å². The molecule has 0 aliphatic rings. The van der Waals surface area contributed by atoms with Crippen LogP contribution in [0.1, 0.15) is 19.4 Å². The Bertz CT molecular complexity index is 894. The van der Waals surface area contributed by atoms with Crippen molar-refractivity contribution >= 4 is 5.69 Å². The Hall–Kier alpha value is -2.95. The van der Waals surface area contributed by atoms with Crippen LogP contribution in [0, 0.1) is 0 Å². The maximum absolute atomic E-state index is 11.2. The molecule has 3 aromatic rings. The molecular weight excluding hydrogens is 328 g/mol. The van der Waals surface area contributed by atoms with Crippen LogP contribution in [0.2, 0.25) is 0 Å². The summed E-state index contributed by atoms with van der Waals surface area (Å²) in [6.07, 6.45) is 1.11. The van der Waals surface area contributed by atoms with Gasteiger partial charge in [-0.15, -0.1) is 0 Å². The van der Waals surface area contributed by atoms with E-state index < -0.39 is 0 Å². The van der Waals surface area contributed by atoms with Crippen molar-refractivity contribution in [2.45, 2.75) is 26.4 Å². The predicted molar refractivity (Wildman–Crippen MR) is 104 cm³/mol. The monoisotopic (exact) mass is 352 g/mol. The maximum Gasteiger partial charge on any atom is 0.280 e. The highest BCUT2D eigenvalue weighted by molar-refractivity contribution is 5.61. The largest absolute Gasteiger partial charge is 0.491 e. The van der Waals surface area contributed by atoms with Crippen molar-refractivity contribution in [2.75, 3.05) is 18.5 Å². The van der Waals surface area contributed by atoms with Gasteiger partial charge < -0.3 is 14.2 Å². The standard InChI is InChI=1S/C21H24N2O3/c1-15(2)25-19-6-4-5-16(13-19)11-12-23(3)18-9-7-17(8-10-18)20-14-21(24)22-26-20/h4-10,13-15H,11-12H2,1-3H3,(H,22,24). The van der Waals surface area contributed by atoms with E-state index in [2.05, 4.69) is 29.2 Å². The zero-order chi connectivity index (χ0) is 18.5. The summed E-state index contributed by atoms with van der Waals surface area (Å²) in [6, 6.07) is 17.7. The lowest BCUT2D eigenvalue weighted by molar-refractivity contribution is 0.242. The average molecular weight is 352 g/mol. The number of benzene rings is 2. The van der Waals surface area contributed by atoms with Crippen LogP contribution in [-0.2, 0) is 6.42 Å². The van der Waals surface area contributed by atoms with Gasteiger partial charge in [-0.3, -0.25) is 4.79 Å². The van der Waals surface area contributed by atoms with E-state index in [1.165, 1.54) is 11.6 Å². The molecule has 0 amide bonds. The maximum atomic E-state index is 11.2. The molecule has 0 atom stereocenters. The number of aromatic amines is 1. The molecule has 1 N–H and O–H groups in total. The third-order valence-corrected chi connectivity index (χ3v) is 4.12. The van der Waals surface area contributed by atoms with E-state index in [9.17, 15) is 4.79 Å². The molecule has 0 saturated carbocycles. The minimum atomic E-state index is -0.232. The predicted octanol–water partition coefficient (Wildman–Crippen LogP) is 4.10.